The Labute approximate surface area is 125 Å². The van der Waals surface area contributed by atoms with Crippen LogP contribution in [0.15, 0.2) is 36.4 Å². The lowest BCUT2D eigenvalue weighted by Crippen LogP contribution is -2.06. The van der Waals surface area contributed by atoms with Gasteiger partial charge in [-0.2, -0.15) is 5.26 Å². The molecule has 20 heavy (non-hydrogen) atoms. The molecule has 2 heteroatoms. The molecule has 0 saturated carbocycles. The minimum Gasteiger partial charge on any atom is -0.198 e. The number of hydrogen-bond acceptors (Lipinski definition) is 1. The molecule has 102 valence electrons. The first-order chi connectivity index (χ1) is 9.52. The van der Waals surface area contributed by atoms with Crippen LogP contribution in [0, 0.1) is 32.1 Å². The first-order valence-electron chi connectivity index (χ1n) is 6.73. The van der Waals surface area contributed by atoms with E-state index in [4.69, 9.17) is 11.6 Å². The highest BCUT2D eigenvalue weighted by Crippen LogP contribution is 2.29. The lowest BCUT2D eigenvalue weighted by molar-refractivity contribution is 0.832. The summed E-state index contributed by atoms with van der Waals surface area (Å²) in [6.45, 7) is 6.23. The summed E-state index contributed by atoms with van der Waals surface area (Å²) in [5.41, 5.74) is 5.76. The van der Waals surface area contributed by atoms with E-state index < -0.39 is 0 Å². The van der Waals surface area contributed by atoms with Crippen LogP contribution in [0.1, 0.15) is 33.7 Å². The summed E-state index contributed by atoms with van der Waals surface area (Å²) < 4.78 is 0. The van der Waals surface area contributed by atoms with Crippen LogP contribution in [0.25, 0.3) is 0 Å². The highest BCUT2D eigenvalue weighted by Gasteiger charge is 2.17. The number of benzene rings is 2. The molecule has 1 nitrogen and oxygen atoms in total. The predicted molar refractivity (Wildman–Crippen MR) is 84.2 cm³/mol. The van der Waals surface area contributed by atoms with E-state index in [0.29, 0.717) is 6.42 Å². The van der Waals surface area contributed by atoms with Crippen molar-refractivity contribution in [3.8, 4) is 6.07 Å². The number of rotatable bonds is 3. The second kappa shape index (κ2) is 6.11. The van der Waals surface area contributed by atoms with Crippen LogP contribution in [-0.2, 0) is 6.42 Å². The molecule has 0 bridgehead atoms. The number of aryl methyl sites for hydroxylation is 3. The molecule has 0 amide bonds. The highest BCUT2D eigenvalue weighted by molar-refractivity contribution is 6.31. The maximum atomic E-state index is 9.56. The smallest absolute Gasteiger partial charge is 0.0758 e. The molecule has 0 aliphatic heterocycles. The van der Waals surface area contributed by atoms with Crippen LogP contribution in [-0.4, -0.2) is 0 Å². The second-order valence-corrected chi connectivity index (χ2v) is 5.70. The topological polar surface area (TPSA) is 23.8 Å². The fraction of sp³-hybridized carbons (Fsp3) is 0.278. The third-order valence-electron chi connectivity index (χ3n) is 3.62. The molecule has 0 aromatic heterocycles. The Morgan fingerprint density at radius 1 is 1.10 bits per heavy atom. The summed E-state index contributed by atoms with van der Waals surface area (Å²) >= 11 is 6.21. The van der Waals surface area contributed by atoms with Crippen LogP contribution < -0.4 is 0 Å². The average Bonchev–Trinajstić information content (AvgIpc) is 2.38. The largest absolute Gasteiger partial charge is 0.198 e. The van der Waals surface area contributed by atoms with Gasteiger partial charge in [0.1, 0.15) is 0 Å². The summed E-state index contributed by atoms with van der Waals surface area (Å²) in [7, 11) is 0. The van der Waals surface area contributed by atoms with Gasteiger partial charge in [0.25, 0.3) is 0 Å². The van der Waals surface area contributed by atoms with E-state index in [9.17, 15) is 5.26 Å². The van der Waals surface area contributed by atoms with Gasteiger partial charge in [0, 0.05) is 5.02 Å². The first-order valence-corrected chi connectivity index (χ1v) is 7.11. The molecule has 0 saturated heterocycles. The SMILES string of the molecule is Cc1cc(C)c(C(C#N)Cc2ccccc2Cl)c(C)c1. The zero-order valence-electron chi connectivity index (χ0n) is 12.1. The van der Waals surface area contributed by atoms with Gasteiger partial charge in [0.2, 0.25) is 0 Å². The quantitative estimate of drug-likeness (QED) is 0.767. The molecule has 2 rings (SSSR count). The van der Waals surface area contributed by atoms with Gasteiger partial charge in [-0.25, -0.2) is 0 Å². The van der Waals surface area contributed by atoms with Gasteiger partial charge >= 0.3 is 0 Å². The zero-order chi connectivity index (χ0) is 14.7. The Hall–Kier alpha value is -1.78. The fourth-order valence-corrected chi connectivity index (χ4v) is 3.05. The first kappa shape index (κ1) is 14.6. The van der Waals surface area contributed by atoms with Crippen molar-refractivity contribution >= 4 is 11.6 Å². The van der Waals surface area contributed by atoms with E-state index in [2.05, 4.69) is 39.0 Å². The standard InChI is InChI=1S/C18H18ClN/c1-12-8-13(2)18(14(3)9-12)16(11-20)10-15-6-4-5-7-17(15)19/h4-9,16H,10H2,1-3H3. The average molecular weight is 284 g/mol. The monoisotopic (exact) mass is 283 g/mol. The maximum Gasteiger partial charge on any atom is 0.0758 e. The summed E-state index contributed by atoms with van der Waals surface area (Å²) in [6, 6.07) is 14.5. The normalized spacial score (nSPS) is 11.9. The molecule has 0 heterocycles. The minimum absolute atomic E-state index is 0.157. The molecule has 1 unspecified atom stereocenters. The summed E-state index contributed by atoms with van der Waals surface area (Å²) in [5.74, 6) is -0.157. The van der Waals surface area contributed by atoms with Gasteiger partial charge in [-0.1, -0.05) is 47.5 Å². The van der Waals surface area contributed by atoms with E-state index in [0.717, 1.165) is 16.1 Å². The Morgan fingerprint density at radius 3 is 2.25 bits per heavy atom. The van der Waals surface area contributed by atoms with Crippen molar-refractivity contribution < 1.29 is 0 Å². The van der Waals surface area contributed by atoms with Crippen molar-refractivity contribution in [2.75, 3.05) is 0 Å². The number of halogens is 1. The number of hydrogen-bond donors (Lipinski definition) is 0. The molecule has 0 radical (unpaired) electrons. The molecule has 2 aromatic rings. The molecule has 0 N–H and O–H groups in total. The van der Waals surface area contributed by atoms with Crippen LogP contribution in [0.4, 0.5) is 0 Å². The van der Waals surface area contributed by atoms with Crippen molar-refractivity contribution in [3.63, 3.8) is 0 Å². The van der Waals surface area contributed by atoms with Gasteiger partial charge in [0.05, 0.1) is 12.0 Å². The Morgan fingerprint density at radius 2 is 1.70 bits per heavy atom. The number of nitriles is 1. The third-order valence-corrected chi connectivity index (χ3v) is 3.99. The Bertz CT molecular complexity index is 644. The summed E-state index contributed by atoms with van der Waals surface area (Å²) in [4.78, 5) is 0. The second-order valence-electron chi connectivity index (χ2n) is 5.29. The summed E-state index contributed by atoms with van der Waals surface area (Å²) in [6.07, 6.45) is 0.654. The lowest BCUT2D eigenvalue weighted by Gasteiger charge is -2.17. The molecular formula is C18H18ClN. The van der Waals surface area contributed by atoms with E-state index in [1.165, 1.54) is 16.7 Å². The molecule has 0 aliphatic rings. The van der Waals surface area contributed by atoms with Crippen molar-refractivity contribution in [1.82, 2.24) is 0 Å². The van der Waals surface area contributed by atoms with E-state index in [1.807, 2.05) is 24.3 Å². The molecule has 0 aliphatic carbocycles. The van der Waals surface area contributed by atoms with Crippen molar-refractivity contribution in [2.45, 2.75) is 33.1 Å². The zero-order valence-corrected chi connectivity index (χ0v) is 12.8. The van der Waals surface area contributed by atoms with Crippen LogP contribution in [0.3, 0.4) is 0 Å². The third kappa shape index (κ3) is 3.03. The van der Waals surface area contributed by atoms with Crippen molar-refractivity contribution in [2.24, 2.45) is 0 Å². The lowest BCUT2D eigenvalue weighted by atomic mass is 9.86. The maximum absolute atomic E-state index is 9.56. The predicted octanol–water partition coefficient (Wildman–Crippen LogP) is 5.12. The van der Waals surface area contributed by atoms with Gasteiger partial charge in [0.15, 0.2) is 0 Å². The fourth-order valence-electron chi connectivity index (χ4n) is 2.84. The van der Waals surface area contributed by atoms with Crippen LogP contribution in [0.5, 0.6) is 0 Å². The van der Waals surface area contributed by atoms with Crippen LogP contribution >= 0.6 is 11.6 Å². The minimum atomic E-state index is -0.157. The molecule has 2 aromatic carbocycles. The van der Waals surface area contributed by atoms with Crippen molar-refractivity contribution in [3.05, 3.63) is 69.2 Å². The Balaban J connectivity index is 2.40. The van der Waals surface area contributed by atoms with Crippen LogP contribution in [0.2, 0.25) is 5.02 Å². The van der Waals surface area contributed by atoms with Crippen molar-refractivity contribution in [1.29, 1.82) is 5.26 Å². The molecular weight excluding hydrogens is 266 g/mol. The van der Waals surface area contributed by atoms with Gasteiger partial charge < -0.3 is 0 Å². The van der Waals surface area contributed by atoms with E-state index >= 15 is 0 Å². The molecule has 1 atom stereocenters. The molecule has 0 spiro atoms. The molecule has 0 fully saturated rings. The van der Waals surface area contributed by atoms with E-state index in [1.54, 1.807) is 0 Å². The van der Waals surface area contributed by atoms with Gasteiger partial charge in [-0.05, 0) is 55.5 Å². The van der Waals surface area contributed by atoms with Gasteiger partial charge in [-0.3, -0.25) is 0 Å². The van der Waals surface area contributed by atoms with Gasteiger partial charge in [-0.15, -0.1) is 0 Å². The summed E-state index contributed by atoms with van der Waals surface area (Å²) in [5, 5.41) is 10.3. The number of nitrogens with zero attached hydrogens (tertiary/aromatic N) is 1. The highest BCUT2D eigenvalue weighted by atomic mass is 35.5. The Kier molecular flexibility index (Phi) is 4.47. The van der Waals surface area contributed by atoms with E-state index in [-0.39, 0.29) is 5.92 Å².